The Balaban J connectivity index is 1.59. The number of benzene rings is 2. The summed E-state index contributed by atoms with van der Waals surface area (Å²) in [5.74, 6) is -0.191. The third kappa shape index (κ3) is 4.74. The van der Waals surface area contributed by atoms with E-state index in [2.05, 4.69) is 0 Å². The Morgan fingerprint density at radius 1 is 1.00 bits per heavy atom. The van der Waals surface area contributed by atoms with E-state index in [0.29, 0.717) is 26.2 Å². The summed E-state index contributed by atoms with van der Waals surface area (Å²) in [7, 11) is -3.40. The van der Waals surface area contributed by atoms with Gasteiger partial charge in [0, 0.05) is 26.2 Å². The second-order valence-corrected chi connectivity index (χ2v) is 8.82. The smallest absolute Gasteiger partial charge is 0.244 e. The molecule has 27 heavy (non-hydrogen) atoms. The fraction of sp³-hybridized carbons (Fsp3) is 0.350. The van der Waals surface area contributed by atoms with Crippen molar-refractivity contribution in [1.29, 1.82) is 0 Å². The number of rotatable bonds is 5. The molecule has 1 saturated heterocycles. The van der Waals surface area contributed by atoms with Gasteiger partial charge in [-0.25, -0.2) is 8.42 Å². The highest BCUT2D eigenvalue weighted by Crippen LogP contribution is 2.18. The summed E-state index contributed by atoms with van der Waals surface area (Å²) in [6, 6.07) is 16.0. The lowest BCUT2D eigenvalue weighted by atomic mass is 10.0. The molecule has 6 nitrogen and oxygen atoms in total. The first-order chi connectivity index (χ1) is 12.9. The van der Waals surface area contributed by atoms with Crippen molar-refractivity contribution in [1.82, 2.24) is 9.21 Å². The van der Waals surface area contributed by atoms with Gasteiger partial charge in [-0.1, -0.05) is 60.2 Å². The number of hydrogen-bond acceptors (Lipinski definition) is 4. The number of nitrogens with zero attached hydrogens (tertiary/aromatic N) is 2. The van der Waals surface area contributed by atoms with Gasteiger partial charge in [0.25, 0.3) is 0 Å². The Morgan fingerprint density at radius 2 is 1.59 bits per heavy atom. The van der Waals surface area contributed by atoms with Crippen LogP contribution in [-0.4, -0.2) is 49.7 Å². The zero-order valence-electron chi connectivity index (χ0n) is 15.4. The van der Waals surface area contributed by atoms with E-state index in [-0.39, 0.29) is 11.7 Å². The Hall–Kier alpha value is -2.22. The van der Waals surface area contributed by atoms with Crippen molar-refractivity contribution in [2.45, 2.75) is 18.7 Å². The van der Waals surface area contributed by atoms with Crippen LogP contribution in [0.2, 0.25) is 0 Å². The van der Waals surface area contributed by atoms with Crippen molar-refractivity contribution >= 4 is 15.9 Å². The van der Waals surface area contributed by atoms with Crippen molar-refractivity contribution in [2.75, 3.05) is 26.2 Å². The van der Waals surface area contributed by atoms with Crippen molar-refractivity contribution in [3.8, 4) is 0 Å². The molecular formula is C20H25N3O3S. The molecule has 1 atom stereocenters. The second kappa shape index (κ2) is 8.21. The Labute approximate surface area is 160 Å². The normalized spacial score (nSPS) is 16.9. The van der Waals surface area contributed by atoms with Gasteiger partial charge in [-0.15, -0.1) is 0 Å². The average molecular weight is 388 g/mol. The summed E-state index contributed by atoms with van der Waals surface area (Å²) in [6.45, 7) is 3.27. The molecule has 1 amide bonds. The summed E-state index contributed by atoms with van der Waals surface area (Å²) < 4.78 is 26.7. The highest BCUT2D eigenvalue weighted by molar-refractivity contribution is 7.88. The minimum Gasteiger partial charge on any atom is -0.338 e. The van der Waals surface area contributed by atoms with Gasteiger partial charge in [0.1, 0.15) is 6.04 Å². The molecule has 0 saturated carbocycles. The van der Waals surface area contributed by atoms with E-state index in [9.17, 15) is 13.2 Å². The van der Waals surface area contributed by atoms with Crippen LogP contribution in [0.1, 0.15) is 22.7 Å². The molecule has 2 aromatic rings. The Bertz CT molecular complexity index is 874. The molecule has 0 spiro atoms. The van der Waals surface area contributed by atoms with Crippen molar-refractivity contribution in [3.63, 3.8) is 0 Å². The molecule has 7 heteroatoms. The molecule has 1 aliphatic heterocycles. The predicted molar refractivity (Wildman–Crippen MR) is 105 cm³/mol. The van der Waals surface area contributed by atoms with Crippen LogP contribution in [0.5, 0.6) is 0 Å². The molecule has 3 rings (SSSR count). The van der Waals surface area contributed by atoms with Gasteiger partial charge in [-0.2, -0.15) is 4.31 Å². The van der Waals surface area contributed by atoms with E-state index < -0.39 is 16.1 Å². The number of carbonyl (C=O) groups excluding carboxylic acids is 1. The van der Waals surface area contributed by atoms with E-state index in [4.69, 9.17) is 5.73 Å². The standard InChI is InChI=1S/C20H25N3O3S/c1-16-7-9-18(10-8-16)19(21)20(24)22-11-13-23(14-12-22)27(25,26)15-17-5-3-2-4-6-17/h2-10,19H,11-15,21H2,1H3. The van der Waals surface area contributed by atoms with Gasteiger partial charge >= 0.3 is 0 Å². The molecule has 1 heterocycles. The number of carbonyl (C=O) groups is 1. The zero-order chi connectivity index (χ0) is 19.4. The number of sulfonamides is 1. The van der Waals surface area contributed by atoms with Crippen LogP contribution in [-0.2, 0) is 20.6 Å². The quantitative estimate of drug-likeness (QED) is 0.846. The van der Waals surface area contributed by atoms with E-state index in [1.807, 2.05) is 49.4 Å². The first kappa shape index (κ1) is 19.5. The van der Waals surface area contributed by atoms with E-state index in [1.54, 1.807) is 17.0 Å². The average Bonchev–Trinajstić information content (AvgIpc) is 2.68. The SMILES string of the molecule is Cc1ccc(C(N)C(=O)N2CCN(S(=O)(=O)Cc3ccccc3)CC2)cc1. The molecule has 0 aromatic heterocycles. The first-order valence-corrected chi connectivity index (χ1v) is 10.6. The number of hydrogen-bond donors (Lipinski definition) is 1. The van der Waals surface area contributed by atoms with Crippen LogP contribution in [0.4, 0.5) is 0 Å². The van der Waals surface area contributed by atoms with Crippen LogP contribution in [0, 0.1) is 6.92 Å². The molecule has 0 radical (unpaired) electrons. The summed E-state index contributed by atoms with van der Waals surface area (Å²) >= 11 is 0. The Kier molecular flexibility index (Phi) is 5.94. The highest BCUT2D eigenvalue weighted by atomic mass is 32.2. The maximum atomic E-state index is 12.7. The van der Waals surface area contributed by atoms with Gasteiger partial charge < -0.3 is 10.6 Å². The molecule has 1 aliphatic rings. The number of piperazine rings is 1. The van der Waals surface area contributed by atoms with Crippen LogP contribution in [0.25, 0.3) is 0 Å². The first-order valence-electron chi connectivity index (χ1n) is 8.99. The van der Waals surface area contributed by atoms with E-state index in [0.717, 1.165) is 16.7 Å². The van der Waals surface area contributed by atoms with Gasteiger partial charge in [-0.3, -0.25) is 4.79 Å². The number of aryl methyl sites for hydroxylation is 1. The third-order valence-corrected chi connectivity index (χ3v) is 6.69. The number of amides is 1. The van der Waals surface area contributed by atoms with Crippen LogP contribution >= 0.6 is 0 Å². The van der Waals surface area contributed by atoms with Gasteiger partial charge in [0.05, 0.1) is 5.75 Å². The lowest BCUT2D eigenvalue weighted by Gasteiger charge is -2.35. The summed E-state index contributed by atoms with van der Waals surface area (Å²) in [5, 5.41) is 0. The summed E-state index contributed by atoms with van der Waals surface area (Å²) in [6.07, 6.45) is 0. The van der Waals surface area contributed by atoms with E-state index >= 15 is 0 Å². The van der Waals surface area contributed by atoms with Crippen molar-refractivity contribution < 1.29 is 13.2 Å². The fourth-order valence-electron chi connectivity index (χ4n) is 3.18. The maximum Gasteiger partial charge on any atom is 0.244 e. The molecular weight excluding hydrogens is 362 g/mol. The molecule has 2 N–H and O–H groups in total. The highest BCUT2D eigenvalue weighted by Gasteiger charge is 2.31. The lowest BCUT2D eigenvalue weighted by molar-refractivity contribution is -0.133. The molecule has 1 unspecified atom stereocenters. The molecule has 1 fully saturated rings. The predicted octanol–water partition coefficient (Wildman–Crippen LogP) is 1.67. The topological polar surface area (TPSA) is 83.7 Å². The number of nitrogens with two attached hydrogens (primary N) is 1. The van der Waals surface area contributed by atoms with Crippen molar-refractivity contribution in [2.24, 2.45) is 5.73 Å². The third-order valence-electron chi connectivity index (χ3n) is 4.84. The minimum atomic E-state index is -3.40. The molecule has 0 aliphatic carbocycles. The second-order valence-electron chi connectivity index (χ2n) is 6.85. The maximum absolute atomic E-state index is 12.7. The molecule has 0 bridgehead atoms. The van der Waals surface area contributed by atoms with Gasteiger partial charge in [0.15, 0.2) is 0 Å². The summed E-state index contributed by atoms with van der Waals surface area (Å²) in [4.78, 5) is 14.3. The monoisotopic (exact) mass is 387 g/mol. The lowest BCUT2D eigenvalue weighted by Crippen LogP contribution is -2.52. The molecule has 144 valence electrons. The Morgan fingerprint density at radius 3 is 2.19 bits per heavy atom. The zero-order valence-corrected chi connectivity index (χ0v) is 16.2. The van der Waals surface area contributed by atoms with E-state index in [1.165, 1.54) is 4.31 Å². The largest absolute Gasteiger partial charge is 0.338 e. The van der Waals surface area contributed by atoms with Gasteiger partial charge in [0.2, 0.25) is 15.9 Å². The van der Waals surface area contributed by atoms with Crippen LogP contribution in [0.3, 0.4) is 0 Å². The fourth-order valence-corrected chi connectivity index (χ4v) is 4.69. The van der Waals surface area contributed by atoms with Crippen LogP contribution in [0.15, 0.2) is 54.6 Å². The minimum absolute atomic E-state index is 0.0231. The molecule has 2 aromatic carbocycles. The summed E-state index contributed by atoms with van der Waals surface area (Å²) in [5.41, 5.74) is 8.76. The van der Waals surface area contributed by atoms with Gasteiger partial charge in [-0.05, 0) is 18.1 Å². The van der Waals surface area contributed by atoms with Crippen molar-refractivity contribution in [3.05, 3.63) is 71.3 Å². The van der Waals surface area contributed by atoms with Crippen LogP contribution < -0.4 is 5.73 Å².